The zero-order valence-electron chi connectivity index (χ0n) is 13.0. The maximum absolute atomic E-state index is 12.4. The molecule has 124 valence electrons. The van der Waals surface area contributed by atoms with E-state index in [0.29, 0.717) is 18.4 Å². The van der Waals surface area contributed by atoms with Gasteiger partial charge in [-0.1, -0.05) is 40.9 Å². The van der Waals surface area contributed by atoms with Crippen LogP contribution in [0.4, 0.5) is 0 Å². The molecule has 5 heteroatoms. The first kappa shape index (κ1) is 19.5. The van der Waals surface area contributed by atoms with Crippen molar-refractivity contribution in [1.82, 2.24) is 4.90 Å². The molecule has 0 atom stereocenters. The first-order valence-corrected chi connectivity index (χ1v) is 8.74. The SMILES string of the molecule is Cl.NCCCCCCC(=O)N(Cc1cccc(Br)c1)C1CC1. The van der Waals surface area contributed by atoms with Crippen molar-refractivity contribution in [1.29, 1.82) is 0 Å². The van der Waals surface area contributed by atoms with Crippen LogP contribution in [0.1, 0.15) is 50.5 Å². The third-order valence-corrected chi connectivity index (χ3v) is 4.39. The van der Waals surface area contributed by atoms with Crippen LogP contribution < -0.4 is 5.73 Å². The molecule has 0 radical (unpaired) electrons. The number of nitrogens with zero attached hydrogens (tertiary/aromatic N) is 1. The van der Waals surface area contributed by atoms with Crippen LogP contribution in [0.5, 0.6) is 0 Å². The zero-order valence-corrected chi connectivity index (χ0v) is 15.4. The average Bonchev–Trinajstić information content (AvgIpc) is 3.29. The molecule has 1 aliphatic carbocycles. The molecule has 1 amide bonds. The van der Waals surface area contributed by atoms with Gasteiger partial charge in [-0.25, -0.2) is 0 Å². The van der Waals surface area contributed by atoms with Gasteiger partial charge in [-0.05, 0) is 49.9 Å². The molecule has 0 aliphatic heterocycles. The normalized spacial score (nSPS) is 13.5. The highest BCUT2D eigenvalue weighted by Crippen LogP contribution is 2.29. The van der Waals surface area contributed by atoms with Crippen molar-refractivity contribution < 1.29 is 4.79 Å². The van der Waals surface area contributed by atoms with Gasteiger partial charge in [0.15, 0.2) is 0 Å². The van der Waals surface area contributed by atoms with E-state index in [1.807, 2.05) is 12.1 Å². The van der Waals surface area contributed by atoms with Gasteiger partial charge in [0.25, 0.3) is 0 Å². The van der Waals surface area contributed by atoms with Gasteiger partial charge in [-0.3, -0.25) is 4.79 Å². The maximum atomic E-state index is 12.4. The molecule has 3 nitrogen and oxygen atoms in total. The number of rotatable bonds is 9. The fourth-order valence-electron chi connectivity index (χ4n) is 2.56. The Hall–Kier alpha value is -0.580. The molecule has 2 N–H and O–H groups in total. The second-order valence-corrected chi connectivity index (χ2v) is 6.75. The number of benzene rings is 1. The van der Waals surface area contributed by atoms with Crippen molar-refractivity contribution in [2.75, 3.05) is 6.54 Å². The third kappa shape index (κ3) is 6.67. The Morgan fingerprint density at radius 1 is 1.23 bits per heavy atom. The fraction of sp³-hybridized carbons (Fsp3) is 0.588. The smallest absolute Gasteiger partial charge is 0.223 e. The molecular formula is C17H26BrClN2O. The number of amides is 1. The van der Waals surface area contributed by atoms with Gasteiger partial charge < -0.3 is 10.6 Å². The van der Waals surface area contributed by atoms with Crippen molar-refractivity contribution in [3.05, 3.63) is 34.3 Å². The van der Waals surface area contributed by atoms with Crippen molar-refractivity contribution in [3.63, 3.8) is 0 Å². The molecule has 0 saturated heterocycles. The molecule has 0 spiro atoms. The molecule has 0 bridgehead atoms. The van der Waals surface area contributed by atoms with Gasteiger partial charge in [0.05, 0.1) is 0 Å². The summed E-state index contributed by atoms with van der Waals surface area (Å²) in [7, 11) is 0. The van der Waals surface area contributed by atoms with E-state index in [4.69, 9.17) is 5.73 Å². The van der Waals surface area contributed by atoms with E-state index in [0.717, 1.165) is 56.1 Å². The molecule has 2 rings (SSSR count). The Bertz CT molecular complexity index is 466. The minimum atomic E-state index is 0. The minimum absolute atomic E-state index is 0. The zero-order chi connectivity index (χ0) is 15.1. The first-order chi connectivity index (χ1) is 10.2. The van der Waals surface area contributed by atoms with E-state index in [9.17, 15) is 4.79 Å². The summed E-state index contributed by atoms with van der Waals surface area (Å²) in [5, 5.41) is 0. The molecule has 1 aromatic carbocycles. The highest BCUT2D eigenvalue weighted by Gasteiger charge is 2.32. The Balaban J connectivity index is 0.00000242. The van der Waals surface area contributed by atoms with E-state index in [1.165, 1.54) is 5.56 Å². The van der Waals surface area contributed by atoms with Crippen LogP contribution in [0.2, 0.25) is 0 Å². The summed E-state index contributed by atoms with van der Waals surface area (Å²) in [4.78, 5) is 14.5. The van der Waals surface area contributed by atoms with E-state index in [-0.39, 0.29) is 12.4 Å². The summed E-state index contributed by atoms with van der Waals surface area (Å²) in [5.41, 5.74) is 6.69. The van der Waals surface area contributed by atoms with Gasteiger partial charge in [0.2, 0.25) is 5.91 Å². The maximum Gasteiger partial charge on any atom is 0.223 e. The quantitative estimate of drug-likeness (QED) is 0.641. The number of hydrogen-bond acceptors (Lipinski definition) is 2. The molecule has 22 heavy (non-hydrogen) atoms. The van der Waals surface area contributed by atoms with Crippen LogP contribution in [0.15, 0.2) is 28.7 Å². The Morgan fingerprint density at radius 3 is 2.59 bits per heavy atom. The van der Waals surface area contributed by atoms with E-state index < -0.39 is 0 Å². The lowest BCUT2D eigenvalue weighted by atomic mass is 10.1. The molecule has 1 aromatic rings. The lowest BCUT2D eigenvalue weighted by Crippen LogP contribution is -2.32. The highest BCUT2D eigenvalue weighted by atomic mass is 79.9. The van der Waals surface area contributed by atoms with Crippen LogP contribution in [-0.2, 0) is 11.3 Å². The predicted octanol–water partition coefficient (Wildman–Crippen LogP) is 4.27. The molecule has 1 saturated carbocycles. The van der Waals surface area contributed by atoms with E-state index >= 15 is 0 Å². The van der Waals surface area contributed by atoms with Crippen molar-refractivity contribution in [2.24, 2.45) is 5.73 Å². The van der Waals surface area contributed by atoms with Crippen LogP contribution in [0.3, 0.4) is 0 Å². The lowest BCUT2D eigenvalue weighted by molar-refractivity contribution is -0.132. The second-order valence-electron chi connectivity index (χ2n) is 5.84. The van der Waals surface area contributed by atoms with Gasteiger partial charge in [0.1, 0.15) is 0 Å². The summed E-state index contributed by atoms with van der Waals surface area (Å²) < 4.78 is 1.07. The molecule has 0 unspecified atom stereocenters. The summed E-state index contributed by atoms with van der Waals surface area (Å²) in [6.07, 6.45) is 7.30. The topological polar surface area (TPSA) is 46.3 Å². The van der Waals surface area contributed by atoms with Crippen LogP contribution in [0, 0.1) is 0 Å². The second kappa shape index (κ2) is 10.2. The predicted molar refractivity (Wildman–Crippen MR) is 97.1 cm³/mol. The Kier molecular flexibility index (Phi) is 9.06. The van der Waals surface area contributed by atoms with Crippen molar-refractivity contribution in [2.45, 2.75) is 57.5 Å². The monoisotopic (exact) mass is 388 g/mol. The number of hydrogen-bond donors (Lipinski definition) is 1. The molecule has 0 heterocycles. The van der Waals surface area contributed by atoms with Gasteiger partial charge in [-0.15, -0.1) is 12.4 Å². The van der Waals surface area contributed by atoms with Crippen molar-refractivity contribution in [3.8, 4) is 0 Å². The number of unbranched alkanes of at least 4 members (excludes halogenated alkanes) is 3. The van der Waals surface area contributed by atoms with Gasteiger partial charge in [0, 0.05) is 23.5 Å². The molecule has 1 fully saturated rings. The number of carbonyl (C=O) groups excluding carboxylic acids is 1. The summed E-state index contributed by atoms with van der Waals surface area (Å²) in [6, 6.07) is 8.71. The standard InChI is InChI=1S/C17H25BrN2O.ClH/c18-15-7-5-6-14(12-15)13-20(16-9-10-16)17(21)8-3-1-2-4-11-19;/h5-7,12,16H,1-4,8-11,13,19H2;1H. The summed E-state index contributed by atoms with van der Waals surface area (Å²) >= 11 is 3.49. The van der Waals surface area contributed by atoms with Crippen LogP contribution in [0.25, 0.3) is 0 Å². The molecule has 0 aromatic heterocycles. The Morgan fingerprint density at radius 2 is 1.95 bits per heavy atom. The van der Waals surface area contributed by atoms with E-state index in [1.54, 1.807) is 0 Å². The van der Waals surface area contributed by atoms with Crippen LogP contribution in [-0.4, -0.2) is 23.4 Å². The van der Waals surface area contributed by atoms with E-state index in [2.05, 4.69) is 33.0 Å². The van der Waals surface area contributed by atoms with Gasteiger partial charge >= 0.3 is 0 Å². The summed E-state index contributed by atoms with van der Waals surface area (Å²) in [5.74, 6) is 0.310. The minimum Gasteiger partial charge on any atom is -0.335 e. The number of carbonyl (C=O) groups is 1. The van der Waals surface area contributed by atoms with Crippen molar-refractivity contribution >= 4 is 34.2 Å². The average molecular weight is 390 g/mol. The lowest BCUT2D eigenvalue weighted by Gasteiger charge is -2.23. The summed E-state index contributed by atoms with van der Waals surface area (Å²) in [6.45, 7) is 1.50. The largest absolute Gasteiger partial charge is 0.335 e. The molecular weight excluding hydrogens is 364 g/mol. The fourth-order valence-corrected chi connectivity index (χ4v) is 3.00. The third-order valence-electron chi connectivity index (χ3n) is 3.89. The first-order valence-electron chi connectivity index (χ1n) is 7.94. The van der Waals surface area contributed by atoms with Gasteiger partial charge in [-0.2, -0.15) is 0 Å². The Labute approximate surface area is 148 Å². The number of halogens is 2. The highest BCUT2D eigenvalue weighted by molar-refractivity contribution is 9.10. The van der Waals surface area contributed by atoms with Crippen LogP contribution >= 0.6 is 28.3 Å². The number of nitrogens with two attached hydrogens (primary N) is 1. The molecule has 1 aliphatic rings.